The summed E-state index contributed by atoms with van der Waals surface area (Å²) in [4.78, 5) is 0. The van der Waals surface area contributed by atoms with Gasteiger partial charge in [0.05, 0.1) is 0 Å². The second-order valence-corrected chi connectivity index (χ2v) is 8.00. The summed E-state index contributed by atoms with van der Waals surface area (Å²) in [5.41, 5.74) is 0.570. The lowest BCUT2D eigenvalue weighted by Crippen LogP contribution is -2.51. The third kappa shape index (κ3) is 2.60. The van der Waals surface area contributed by atoms with Crippen LogP contribution in [0, 0.1) is 11.8 Å². The Morgan fingerprint density at radius 2 is 1.47 bits per heavy atom. The molecule has 3 nitrogen and oxygen atoms in total. The first-order valence-corrected chi connectivity index (χ1v) is 8.97. The van der Waals surface area contributed by atoms with Gasteiger partial charge in [0.1, 0.15) is 0 Å². The maximum Gasteiger partial charge on any atom is 0.504 e. The lowest BCUT2D eigenvalue weighted by Gasteiger charge is -2.37. The Bertz CT molecular complexity index is 230. The van der Waals surface area contributed by atoms with Crippen molar-refractivity contribution in [2.45, 2.75) is 52.0 Å². The summed E-state index contributed by atoms with van der Waals surface area (Å²) in [5.74, 6) is 1.72. The Morgan fingerprint density at radius 1 is 0.882 bits per heavy atom. The summed E-state index contributed by atoms with van der Waals surface area (Å²) < 4.78 is 18.1. The smallest absolute Gasteiger partial charge is 0.374 e. The lowest BCUT2D eigenvalue weighted by atomic mass is 10.0. The molecule has 2 bridgehead atoms. The molecule has 0 aromatic rings. The van der Waals surface area contributed by atoms with Gasteiger partial charge < -0.3 is 13.3 Å². The molecule has 0 aromatic heterocycles. The molecule has 0 aliphatic heterocycles. The van der Waals surface area contributed by atoms with E-state index in [1.807, 2.05) is 20.8 Å². The fourth-order valence-corrected chi connectivity index (χ4v) is 7.33. The van der Waals surface area contributed by atoms with Crippen molar-refractivity contribution in [2.24, 2.45) is 11.8 Å². The van der Waals surface area contributed by atoms with Crippen molar-refractivity contribution < 1.29 is 13.3 Å². The normalized spacial score (nSPS) is 32.3. The van der Waals surface area contributed by atoms with Gasteiger partial charge in [-0.25, -0.2) is 0 Å². The Kier molecular flexibility index (Phi) is 4.63. The van der Waals surface area contributed by atoms with E-state index in [4.69, 9.17) is 13.3 Å². The predicted molar refractivity (Wildman–Crippen MR) is 69.8 cm³/mol. The molecule has 17 heavy (non-hydrogen) atoms. The molecule has 2 aliphatic carbocycles. The van der Waals surface area contributed by atoms with E-state index in [-0.39, 0.29) is 0 Å². The molecule has 2 aliphatic rings. The van der Waals surface area contributed by atoms with Crippen LogP contribution >= 0.6 is 0 Å². The van der Waals surface area contributed by atoms with Crippen LogP contribution in [0.5, 0.6) is 0 Å². The minimum absolute atomic E-state index is 0.570. The number of hydrogen-bond acceptors (Lipinski definition) is 3. The van der Waals surface area contributed by atoms with Crippen LogP contribution in [0.3, 0.4) is 0 Å². The maximum atomic E-state index is 6.04. The molecule has 0 radical (unpaired) electrons. The summed E-state index contributed by atoms with van der Waals surface area (Å²) in [5, 5.41) is 0. The second-order valence-electron chi connectivity index (χ2n) is 5.18. The molecule has 3 unspecified atom stereocenters. The van der Waals surface area contributed by atoms with Gasteiger partial charge in [0.2, 0.25) is 0 Å². The van der Waals surface area contributed by atoms with Gasteiger partial charge in [0.15, 0.2) is 0 Å². The van der Waals surface area contributed by atoms with Crippen LogP contribution in [0.2, 0.25) is 5.54 Å². The van der Waals surface area contributed by atoms with Crippen LogP contribution in [0.1, 0.15) is 46.5 Å². The Labute approximate surface area is 106 Å². The number of rotatable bonds is 7. The highest BCUT2D eigenvalue weighted by Crippen LogP contribution is 2.55. The largest absolute Gasteiger partial charge is 0.504 e. The monoisotopic (exact) mass is 258 g/mol. The van der Waals surface area contributed by atoms with Gasteiger partial charge in [0, 0.05) is 25.4 Å². The molecule has 0 N–H and O–H groups in total. The van der Waals surface area contributed by atoms with Gasteiger partial charge in [-0.1, -0.05) is 6.42 Å². The lowest BCUT2D eigenvalue weighted by molar-refractivity contribution is 0.0539. The van der Waals surface area contributed by atoms with E-state index in [0.717, 1.165) is 11.8 Å². The molecule has 2 saturated carbocycles. The third-order valence-electron chi connectivity index (χ3n) is 4.23. The quantitative estimate of drug-likeness (QED) is 0.656. The van der Waals surface area contributed by atoms with Gasteiger partial charge in [-0.05, 0) is 51.9 Å². The average molecular weight is 258 g/mol. The highest BCUT2D eigenvalue weighted by atomic mass is 28.4. The van der Waals surface area contributed by atoms with Crippen molar-refractivity contribution in [3.05, 3.63) is 0 Å². The van der Waals surface area contributed by atoms with E-state index in [2.05, 4.69) is 0 Å². The Hall–Kier alpha value is 0.0969. The zero-order valence-corrected chi connectivity index (χ0v) is 12.4. The fraction of sp³-hybridized carbons (Fsp3) is 1.00. The average Bonchev–Trinajstić information content (AvgIpc) is 2.91. The minimum Gasteiger partial charge on any atom is -0.374 e. The first kappa shape index (κ1) is 13.5. The molecular formula is C13H26O3Si. The van der Waals surface area contributed by atoms with Crippen LogP contribution in [0.15, 0.2) is 0 Å². The molecule has 0 aromatic carbocycles. The van der Waals surface area contributed by atoms with Gasteiger partial charge in [-0.15, -0.1) is 0 Å². The molecule has 0 saturated heterocycles. The van der Waals surface area contributed by atoms with Crippen molar-refractivity contribution in [3.63, 3.8) is 0 Å². The van der Waals surface area contributed by atoms with Crippen LogP contribution < -0.4 is 0 Å². The van der Waals surface area contributed by atoms with E-state index in [1.165, 1.54) is 25.7 Å². The molecule has 0 heterocycles. The number of hydrogen-bond donors (Lipinski definition) is 0. The highest BCUT2D eigenvalue weighted by molar-refractivity contribution is 6.62. The molecule has 0 spiro atoms. The topological polar surface area (TPSA) is 27.7 Å². The standard InChI is InChI=1S/C13H26O3Si/c1-4-14-17(15-5-2,16-6-3)13-10-11-7-8-12(13)9-11/h11-13H,4-10H2,1-3H3. The second kappa shape index (κ2) is 5.82. The van der Waals surface area contributed by atoms with Crippen molar-refractivity contribution in [2.75, 3.05) is 19.8 Å². The zero-order valence-electron chi connectivity index (χ0n) is 11.4. The van der Waals surface area contributed by atoms with Crippen LogP contribution in [0.25, 0.3) is 0 Å². The van der Waals surface area contributed by atoms with Crippen molar-refractivity contribution >= 4 is 8.80 Å². The van der Waals surface area contributed by atoms with Crippen molar-refractivity contribution in [1.29, 1.82) is 0 Å². The molecule has 100 valence electrons. The van der Waals surface area contributed by atoms with Crippen LogP contribution in [-0.4, -0.2) is 28.6 Å². The van der Waals surface area contributed by atoms with E-state index < -0.39 is 8.80 Å². The van der Waals surface area contributed by atoms with E-state index in [9.17, 15) is 0 Å². The Balaban J connectivity index is 2.12. The first-order chi connectivity index (χ1) is 8.25. The fourth-order valence-electron chi connectivity index (χ4n) is 3.73. The van der Waals surface area contributed by atoms with Gasteiger partial charge in [-0.2, -0.15) is 0 Å². The SMILES string of the molecule is CCO[Si](OCC)(OCC)C1CC2CCC1C2. The molecular weight excluding hydrogens is 232 g/mol. The van der Waals surface area contributed by atoms with E-state index in [1.54, 1.807) is 0 Å². The molecule has 0 amide bonds. The summed E-state index contributed by atoms with van der Waals surface area (Å²) >= 11 is 0. The van der Waals surface area contributed by atoms with E-state index in [0.29, 0.717) is 25.4 Å². The van der Waals surface area contributed by atoms with Crippen LogP contribution in [0.4, 0.5) is 0 Å². The Morgan fingerprint density at radius 3 is 1.82 bits per heavy atom. The summed E-state index contributed by atoms with van der Waals surface area (Å²) in [6.07, 6.45) is 5.43. The van der Waals surface area contributed by atoms with Crippen molar-refractivity contribution in [3.8, 4) is 0 Å². The summed E-state index contributed by atoms with van der Waals surface area (Å²) in [6, 6.07) is 0. The highest BCUT2D eigenvalue weighted by Gasteiger charge is 2.57. The third-order valence-corrected chi connectivity index (χ3v) is 7.92. The summed E-state index contributed by atoms with van der Waals surface area (Å²) in [7, 11) is -2.42. The predicted octanol–water partition coefficient (Wildman–Crippen LogP) is 3.23. The van der Waals surface area contributed by atoms with Crippen LogP contribution in [-0.2, 0) is 13.3 Å². The zero-order chi connectivity index (χ0) is 12.3. The molecule has 4 heteroatoms. The molecule has 2 rings (SSSR count). The van der Waals surface area contributed by atoms with Gasteiger partial charge >= 0.3 is 8.80 Å². The molecule has 3 atom stereocenters. The maximum absolute atomic E-state index is 6.04. The molecule has 2 fully saturated rings. The minimum atomic E-state index is -2.42. The first-order valence-electron chi connectivity index (χ1n) is 7.17. The van der Waals surface area contributed by atoms with Gasteiger partial charge in [0.25, 0.3) is 0 Å². The number of fused-ring (bicyclic) bond motifs is 2. The van der Waals surface area contributed by atoms with E-state index >= 15 is 0 Å². The summed E-state index contributed by atoms with van der Waals surface area (Å²) in [6.45, 7) is 8.27. The van der Waals surface area contributed by atoms with Crippen molar-refractivity contribution in [1.82, 2.24) is 0 Å². The van der Waals surface area contributed by atoms with Gasteiger partial charge in [-0.3, -0.25) is 0 Å².